The van der Waals surface area contributed by atoms with Crippen LogP contribution in [0.5, 0.6) is 5.75 Å². The third-order valence-corrected chi connectivity index (χ3v) is 3.72. The number of nitrogens with two attached hydrogens (primary N) is 1. The van der Waals surface area contributed by atoms with Crippen LogP contribution in [0.4, 0.5) is 0 Å². The van der Waals surface area contributed by atoms with Crippen molar-refractivity contribution >= 4 is 5.78 Å². The Morgan fingerprint density at radius 1 is 1.39 bits per heavy atom. The minimum Gasteiger partial charge on any atom is -0.507 e. The summed E-state index contributed by atoms with van der Waals surface area (Å²) < 4.78 is 0. The molecule has 1 aromatic rings. The highest BCUT2D eigenvalue weighted by atomic mass is 16.3. The first-order chi connectivity index (χ1) is 8.69. The van der Waals surface area contributed by atoms with Crippen LogP contribution >= 0.6 is 0 Å². The normalized spacial score (nSPS) is 14.3. The van der Waals surface area contributed by atoms with Crippen molar-refractivity contribution in [3.63, 3.8) is 0 Å². The van der Waals surface area contributed by atoms with Gasteiger partial charge in [-0.05, 0) is 49.3 Å². The zero-order valence-electron chi connectivity index (χ0n) is 11.0. The van der Waals surface area contributed by atoms with Gasteiger partial charge in [0.05, 0.1) is 5.56 Å². The number of fused-ring (bicyclic) bond motifs is 1. The predicted octanol–water partition coefficient (Wildman–Crippen LogP) is 2.71. The van der Waals surface area contributed by atoms with E-state index >= 15 is 0 Å². The highest BCUT2D eigenvalue weighted by molar-refractivity contribution is 5.99. The van der Waals surface area contributed by atoms with Gasteiger partial charge in [-0.15, -0.1) is 0 Å². The molecular formula is C15H21NO2. The van der Waals surface area contributed by atoms with Crippen molar-refractivity contribution in [1.82, 2.24) is 0 Å². The number of ketones is 1. The largest absolute Gasteiger partial charge is 0.507 e. The van der Waals surface area contributed by atoms with Crippen LogP contribution in [-0.2, 0) is 19.4 Å². The Labute approximate surface area is 108 Å². The van der Waals surface area contributed by atoms with Crippen LogP contribution in [0, 0.1) is 0 Å². The summed E-state index contributed by atoms with van der Waals surface area (Å²) in [5.41, 5.74) is 9.38. The molecule has 98 valence electrons. The first kappa shape index (κ1) is 13.1. The molecule has 18 heavy (non-hydrogen) atoms. The van der Waals surface area contributed by atoms with Crippen molar-refractivity contribution in [3.05, 3.63) is 28.3 Å². The number of phenols is 1. The van der Waals surface area contributed by atoms with Crippen molar-refractivity contribution in [2.75, 3.05) is 0 Å². The summed E-state index contributed by atoms with van der Waals surface area (Å²) >= 11 is 0. The lowest BCUT2D eigenvalue weighted by Gasteiger charge is -2.21. The van der Waals surface area contributed by atoms with Gasteiger partial charge in [-0.3, -0.25) is 4.79 Å². The molecule has 0 fully saturated rings. The number of carbonyl (C=O) groups excluding carboxylic acids is 1. The van der Waals surface area contributed by atoms with Gasteiger partial charge < -0.3 is 10.8 Å². The molecule has 0 spiro atoms. The van der Waals surface area contributed by atoms with Gasteiger partial charge in [0.1, 0.15) is 5.75 Å². The second kappa shape index (κ2) is 5.53. The fraction of sp³-hybridized carbons (Fsp3) is 0.533. The average molecular weight is 247 g/mol. The standard InChI is InChI=1S/C15H21NO2/c1-2-5-14(17)12-8-10-6-3-4-7-11(10)13(9-16)15(12)18/h8,18H,2-7,9,16H2,1H3. The van der Waals surface area contributed by atoms with Gasteiger partial charge in [0, 0.05) is 18.5 Å². The molecular weight excluding hydrogens is 226 g/mol. The Morgan fingerprint density at radius 3 is 2.78 bits per heavy atom. The molecule has 0 saturated carbocycles. The second-order valence-electron chi connectivity index (χ2n) is 4.97. The molecule has 3 heteroatoms. The van der Waals surface area contributed by atoms with E-state index < -0.39 is 0 Å². The Balaban J connectivity index is 2.51. The Hall–Kier alpha value is -1.35. The van der Waals surface area contributed by atoms with Gasteiger partial charge in [0.15, 0.2) is 5.78 Å². The number of carbonyl (C=O) groups is 1. The fourth-order valence-electron chi connectivity index (χ4n) is 2.77. The van der Waals surface area contributed by atoms with Crippen LogP contribution in [0.3, 0.4) is 0 Å². The van der Waals surface area contributed by atoms with Crippen LogP contribution < -0.4 is 5.73 Å². The second-order valence-corrected chi connectivity index (χ2v) is 4.97. The highest BCUT2D eigenvalue weighted by Gasteiger charge is 2.21. The maximum atomic E-state index is 12.0. The van der Waals surface area contributed by atoms with E-state index in [1.54, 1.807) is 0 Å². The van der Waals surface area contributed by atoms with E-state index in [1.807, 2.05) is 13.0 Å². The Bertz CT molecular complexity index is 466. The van der Waals surface area contributed by atoms with Gasteiger partial charge >= 0.3 is 0 Å². The van der Waals surface area contributed by atoms with Crippen LogP contribution in [-0.4, -0.2) is 10.9 Å². The summed E-state index contributed by atoms with van der Waals surface area (Å²) in [5.74, 6) is 0.148. The first-order valence-electron chi connectivity index (χ1n) is 6.78. The van der Waals surface area contributed by atoms with E-state index in [4.69, 9.17) is 5.73 Å². The maximum absolute atomic E-state index is 12.0. The Kier molecular flexibility index (Phi) is 4.02. The topological polar surface area (TPSA) is 63.3 Å². The summed E-state index contributed by atoms with van der Waals surface area (Å²) in [5, 5.41) is 10.2. The molecule has 0 aromatic heterocycles. The van der Waals surface area contributed by atoms with Crippen molar-refractivity contribution in [1.29, 1.82) is 0 Å². The van der Waals surface area contributed by atoms with Crippen LogP contribution in [0.1, 0.15) is 59.7 Å². The summed E-state index contributed by atoms with van der Waals surface area (Å²) in [6, 6.07) is 1.89. The number of hydrogen-bond donors (Lipinski definition) is 2. The van der Waals surface area contributed by atoms with Crippen LogP contribution in [0.2, 0.25) is 0 Å². The van der Waals surface area contributed by atoms with Gasteiger partial charge in [-0.25, -0.2) is 0 Å². The number of aryl methyl sites for hydroxylation is 1. The van der Waals surface area contributed by atoms with E-state index in [-0.39, 0.29) is 11.5 Å². The lowest BCUT2D eigenvalue weighted by Crippen LogP contribution is -2.13. The van der Waals surface area contributed by atoms with Crippen molar-refractivity contribution < 1.29 is 9.90 Å². The molecule has 0 atom stereocenters. The molecule has 0 aliphatic heterocycles. The lowest BCUT2D eigenvalue weighted by atomic mass is 9.85. The molecule has 1 aliphatic carbocycles. The molecule has 0 radical (unpaired) electrons. The minimum atomic E-state index is 0.0260. The molecule has 2 rings (SSSR count). The Morgan fingerprint density at radius 2 is 2.11 bits per heavy atom. The number of hydrogen-bond acceptors (Lipinski definition) is 3. The quantitative estimate of drug-likeness (QED) is 0.804. The molecule has 1 aromatic carbocycles. The van der Waals surface area contributed by atoms with Crippen molar-refractivity contribution in [3.8, 4) is 5.75 Å². The predicted molar refractivity (Wildman–Crippen MR) is 71.9 cm³/mol. The summed E-state index contributed by atoms with van der Waals surface area (Å²) in [7, 11) is 0. The van der Waals surface area contributed by atoms with Gasteiger partial charge in [0.25, 0.3) is 0 Å². The molecule has 3 N–H and O–H groups in total. The number of rotatable bonds is 4. The third-order valence-electron chi connectivity index (χ3n) is 3.72. The van der Waals surface area contributed by atoms with E-state index in [0.29, 0.717) is 18.5 Å². The number of aromatic hydroxyl groups is 1. The smallest absolute Gasteiger partial charge is 0.166 e. The molecule has 0 bridgehead atoms. The van der Waals surface area contributed by atoms with E-state index in [0.717, 1.165) is 37.7 Å². The maximum Gasteiger partial charge on any atom is 0.166 e. The van der Waals surface area contributed by atoms with E-state index in [2.05, 4.69) is 0 Å². The molecule has 3 nitrogen and oxygen atoms in total. The monoisotopic (exact) mass is 247 g/mol. The first-order valence-corrected chi connectivity index (χ1v) is 6.78. The minimum absolute atomic E-state index is 0.0260. The summed E-state index contributed by atoms with van der Waals surface area (Å²) in [4.78, 5) is 12.0. The van der Waals surface area contributed by atoms with Gasteiger partial charge in [0.2, 0.25) is 0 Å². The average Bonchev–Trinajstić information content (AvgIpc) is 2.38. The summed E-state index contributed by atoms with van der Waals surface area (Å²) in [6.07, 6.45) is 5.54. The van der Waals surface area contributed by atoms with Crippen molar-refractivity contribution in [2.24, 2.45) is 5.73 Å². The zero-order valence-corrected chi connectivity index (χ0v) is 11.0. The summed E-state index contributed by atoms with van der Waals surface area (Å²) in [6.45, 7) is 2.28. The highest BCUT2D eigenvalue weighted by Crippen LogP contribution is 2.34. The van der Waals surface area contributed by atoms with Crippen molar-refractivity contribution in [2.45, 2.75) is 52.0 Å². The fourth-order valence-corrected chi connectivity index (χ4v) is 2.77. The van der Waals surface area contributed by atoms with Crippen LogP contribution in [0.25, 0.3) is 0 Å². The molecule has 0 saturated heterocycles. The third kappa shape index (κ3) is 2.27. The SMILES string of the molecule is CCCC(=O)c1cc2c(c(CN)c1O)CCCC2. The molecule has 0 unspecified atom stereocenters. The van der Waals surface area contributed by atoms with Gasteiger partial charge in [-0.1, -0.05) is 6.92 Å². The number of phenolic OH excluding ortho intramolecular Hbond substituents is 1. The zero-order chi connectivity index (χ0) is 13.1. The molecule has 0 amide bonds. The molecule has 1 aliphatic rings. The van der Waals surface area contributed by atoms with E-state index in [1.165, 1.54) is 11.1 Å². The number of benzene rings is 1. The van der Waals surface area contributed by atoms with Crippen LogP contribution in [0.15, 0.2) is 6.07 Å². The lowest BCUT2D eigenvalue weighted by molar-refractivity contribution is 0.0979. The van der Waals surface area contributed by atoms with Gasteiger partial charge in [-0.2, -0.15) is 0 Å². The number of Topliss-reactive ketones (excluding diaryl/α,β-unsaturated/α-hetero) is 1. The molecule has 0 heterocycles. The van der Waals surface area contributed by atoms with E-state index in [9.17, 15) is 9.90 Å².